The van der Waals surface area contributed by atoms with Crippen LogP contribution in [0.1, 0.15) is 57.1 Å². The number of carbonyl (C=O) groups is 2. The van der Waals surface area contributed by atoms with E-state index >= 15 is 0 Å². The summed E-state index contributed by atoms with van der Waals surface area (Å²) in [5, 5.41) is 8.68. The Kier molecular flexibility index (Phi) is 7.77. The summed E-state index contributed by atoms with van der Waals surface area (Å²) in [7, 11) is 0. The van der Waals surface area contributed by atoms with Crippen molar-refractivity contribution < 1.29 is 14.3 Å². The third kappa shape index (κ3) is 6.42. The minimum absolute atomic E-state index is 0.109. The largest absolute Gasteiger partial charge is 0.486 e. The van der Waals surface area contributed by atoms with E-state index in [4.69, 9.17) is 4.74 Å². The Balaban J connectivity index is 1.33. The molecule has 2 atom stereocenters. The van der Waals surface area contributed by atoms with Gasteiger partial charge in [0, 0.05) is 27.5 Å². The molecule has 1 heterocycles. The van der Waals surface area contributed by atoms with Crippen molar-refractivity contribution in [3.05, 3.63) is 80.2 Å². The fraction of sp³-hybridized carbons (Fsp3) is 0.320. The Morgan fingerprint density at radius 1 is 1.00 bits per heavy atom. The van der Waals surface area contributed by atoms with Gasteiger partial charge in [-0.05, 0) is 56.2 Å². The van der Waals surface area contributed by atoms with Crippen LogP contribution >= 0.6 is 27.3 Å². The molecule has 0 saturated heterocycles. The highest BCUT2D eigenvalue weighted by Crippen LogP contribution is 2.21. The molecule has 1 aromatic heterocycles. The van der Waals surface area contributed by atoms with E-state index in [2.05, 4.69) is 31.5 Å². The second kappa shape index (κ2) is 10.9. The summed E-state index contributed by atoms with van der Waals surface area (Å²) < 4.78 is 6.69. The molecule has 6 nitrogen and oxygen atoms in total. The van der Waals surface area contributed by atoms with Gasteiger partial charge in [0.25, 0.3) is 11.8 Å². The van der Waals surface area contributed by atoms with Crippen molar-refractivity contribution in [1.29, 1.82) is 0 Å². The van der Waals surface area contributed by atoms with Gasteiger partial charge in [-0.15, -0.1) is 11.3 Å². The van der Waals surface area contributed by atoms with Crippen LogP contribution in [0, 0.1) is 6.92 Å². The normalized spacial score (nSPS) is 17.9. The van der Waals surface area contributed by atoms with Gasteiger partial charge < -0.3 is 15.4 Å². The predicted molar refractivity (Wildman–Crippen MR) is 133 cm³/mol. The molecule has 33 heavy (non-hydrogen) atoms. The summed E-state index contributed by atoms with van der Waals surface area (Å²) >= 11 is 4.79. The number of aryl methyl sites for hydroxylation is 1. The fourth-order valence-corrected chi connectivity index (χ4v) is 4.78. The van der Waals surface area contributed by atoms with E-state index in [9.17, 15) is 9.59 Å². The molecule has 2 N–H and O–H groups in total. The van der Waals surface area contributed by atoms with Gasteiger partial charge >= 0.3 is 0 Å². The van der Waals surface area contributed by atoms with E-state index < -0.39 is 0 Å². The van der Waals surface area contributed by atoms with Crippen LogP contribution in [0.2, 0.25) is 0 Å². The zero-order valence-electron chi connectivity index (χ0n) is 18.3. The van der Waals surface area contributed by atoms with Crippen LogP contribution < -0.4 is 15.4 Å². The van der Waals surface area contributed by atoms with E-state index in [1.165, 1.54) is 16.9 Å². The molecular weight excluding hydrogens is 502 g/mol. The van der Waals surface area contributed by atoms with Gasteiger partial charge in [0.15, 0.2) is 0 Å². The Morgan fingerprint density at radius 3 is 2.30 bits per heavy atom. The average Bonchev–Trinajstić information content (AvgIpc) is 3.30. The first-order valence-electron chi connectivity index (χ1n) is 11.0. The van der Waals surface area contributed by atoms with E-state index in [-0.39, 0.29) is 23.9 Å². The molecule has 0 bridgehead atoms. The number of rotatable bonds is 7. The number of benzene rings is 2. The maximum Gasteiger partial charge on any atom is 0.271 e. The van der Waals surface area contributed by atoms with Gasteiger partial charge in [-0.3, -0.25) is 9.59 Å². The van der Waals surface area contributed by atoms with Crippen molar-refractivity contribution in [1.82, 2.24) is 15.6 Å². The van der Waals surface area contributed by atoms with Crippen LogP contribution in [0.25, 0.3) is 0 Å². The van der Waals surface area contributed by atoms with Crippen LogP contribution in [0.4, 0.5) is 0 Å². The SMILES string of the molecule is Cc1ccc(OCc2nc(C(=O)N[C@@H]3CCCC[C@H]3NC(=O)c3ccc(Br)cc3)cs2)cc1. The van der Waals surface area contributed by atoms with Crippen molar-refractivity contribution >= 4 is 39.1 Å². The molecule has 172 valence electrons. The van der Waals surface area contributed by atoms with Gasteiger partial charge in [0.1, 0.15) is 23.1 Å². The number of hydrogen-bond acceptors (Lipinski definition) is 5. The summed E-state index contributed by atoms with van der Waals surface area (Å²) in [6.45, 7) is 2.34. The number of amides is 2. The van der Waals surface area contributed by atoms with Crippen molar-refractivity contribution in [2.75, 3.05) is 0 Å². The number of ether oxygens (including phenoxy) is 1. The minimum atomic E-state index is -0.220. The summed E-state index contributed by atoms with van der Waals surface area (Å²) in [6.07, 6.45) is 3.70. The monoisotopic (exact) mass is 527 g/mol. The van der Waals surface area contributed by atoms with Gasteiger partial charge in [0.05, 0.1) is 0 Å². The molecule has 3 aromatic rings. The van der Waals surface area contributed by atoms with Gasteiger partial charge in [-0.2, -0.15) is 0 Å². The summed E-state index contributed by atoms with van der Waals surface area (Å²) in [6, 6.07) is 14.8. The van der Waals surface area contributed by atoms with Crippen molar-refractivity contribution in [2.45, 2.75) is 51.3 Å². The third-order valence-electron chi connectivity index (χ3n) is 5.67. The Hall–Kier alpha value is -2.71. The highest BCUT2D eigenvalue weighted by Gasteiger charge is 2.29. The molecule has 4 rings (SSSR count). The van der Waals surface area contributed by atoms with Gasteiger partial charge in [0.2, 0.25) is 0 Å². The lowest BCUT2D eigenvalue weighted by Gasteiger charge is -2.32. The topological polar surface area (TPSA) is 80.3 Å². The number of thiazole rings is 1. The van der Waals surface area contributed by atoms with Crippen LogP contribution in [0.3, 0.4) is 0 Å². The zero-order chi connectivity index (χ0) is 23.2. The van der Waals surface area contributed by atoms with E-state index in [0.29, 0.717) is 17.9 Å². The third-order valence-corrected chi connectivity index (χ3v) is 7.02. The van der Waals surface area contributed by atoms with E-state index in [0.717, 1.165) is 40.9 Å². The predicted octanol–water partition coefficient (Wildman–Crippen LogP) is 5.26. The first kappa shape index (κ1) is 23.4. The van der Waals surface area contributed by atoms with E-state index in [1.807, 2.05) is 43.3 Å². The van der Waals surface area contributed by atoms with Crippen molar-refractivity contribution in [3.63, 3.8) is 0 Å². The summed E-state index contributed by atoms with van der Waals surface area (Å²) in [5.74, 6) is 0.425. The molecule has 0 aliphatic heterocycles. The average molecular weight is 528 g/mol. The molecule has 0 radical (unpaired) electrons. The number of hydrogen-bond donors (Lipinski definition) is 2. The minimum Gasteiger partial charge on any atom is -0.486 e. The Labute approximate surface area is 205 Å². The number of nitrogens with zero attached hydrogens (tertiary/aromatic N) is 1. The second-order valence-corrected chi connectivity index (χ2v) is 10.0. The highest BCUT2D eigenvalue weighted by atomic mass is 79.9. The van der Waals surface area contributed by atoms with Crippen LogP contribution in [0.15, 0.2) is 58.4 Å². The van der Waals surface area contributed by atoms with Gasteiger partial charge in [-0.1, -0.05) is 46.5 Å². The molecule has 0 spiro atoms. The lowest BCUT2D eigenvalue weighted by molar-refractivity contribution is 0.0860. The number of carbonyl (C=O) groups excluding carboxylic acids is 2. The smallest absolute Gasteiger partial charge is 0.271 e. The number of nitrogens with one attached hydrogen (secondary N) is 2. The van der Waals surface area contributed by atoms with Crippen molar-refractivity contribution in [2.24, 2.45) is 0 Å². The van der Waals surface area contributed by atoms with Gasteiger partial charge in [-0.25, -0.2) is 4.98 Å². The number of aromatic nitrogens is 1. The molecule has 2 aromatic carbocycles. The molecule has 0 unspecified atom stereocenters. The fourth-order valence-electron chi connectivity index (χ4n) is 3.83. The van der Waals surface area contributed by atoms with Crippen molar-refractivity contribution in [3.8, 4) is 5.75 Å². The molecular formula is C25H26BrN3O3S. The highest BCUT2D eigenvalue weighted by molar-refractivity contribution is 9.10. The maximum absolute atomic E-state index is 12.9. The van der Waals surface area contributed by atoms with Crippen LogP contribution in [0.5, 0.6) is 5.75 Å². The molecule has 1 aliphatic rings. The lowest BCUT2D eigenvalue weighted by atomic mass is 9.90. The first-order chi connectivity index (χ1) is 16.0. The Bertz CT molecular complexity index is 1100. The van der Waals surface area contributed by atoms with E-state index in [1.54, 1.807) is 17.5 Å². The first-order valence-corrected chi connectivity index (χ1v) is 12.7. The molecule has 1 aliphatic carbocycles. The molecule has 8 heteroatoms. The standard InChI is InChI=1S/C25H26BrN3O3S/c1-16-6-12-19(13-7-16)32-14-23-27-22(15-33-23)25(31)29-21-5-3-2-4-20(21)28-24(30)17-8-10-18(26)11-9-17/h6-13,15,20-21H,2-5,14H2,1H3,(H,28,30)(H,29,31)/t20-,21-/m1/s1. The van der Waals surface area contributed by atoms with Crippen LogP contribution in [-0.4, -0.2) is 28.9 Å². The maximum atomic E-state index is 12.9. The number of halogens is 1. The Morgan fingerprint density at radius 2 is 1.64 bits per heavy atom. The zero-order valence-corrected chi connectivity index (χ0v) is 20.7. The molecule has 1 fully saturated rings. The quantitative estimate of drug-likeness (QED) is 0.438. The summed E-state index contributed by atoms with van der Waals surface area (Å²) in [5.41, 5.74) is 2.15. The molecule has 2 amide bonds. The van der Waals surface area contributed by atoms with Crippen LogP contribution in [-0.2, 0) is 6.61 Å². The lowest BCUT2D eigenvalue weighted by Crippen LogP contribution is -2.53. The second-order valence-electron chi connectivity index (χ2n) is 8.18. The molecule has 1 saturated carbocycles. The summed E-state index contributed by atoms with van der Waals surface area (Å²) in [4.78, 5) is 30.0.